The highest BCUT2D eigenvalue weighted by atomic mass is 16.5. The first-order valence-corrected chi connectivity index (χ1v) is 7.04. The van der Waals surface area contributed by atoms with Crippen LogP contribution in [0.25, 0.3) is 0 Å². The van der Waals surface area contributed by atoms with Crippen molar-refractivity contribution in [3.05, 3.63) is 23.8 Å². The zero-order valence-corrected chi connectivity index (χ0v) is 11.5. The molecule has 4 heteroatoms. The Labute approximate surface area is 114 Å². The van der Waals surface area contributed by atoms with E-state index in [4.69, 9.17) is 10.5 Å². The summed E-state index contributed by atoms with van der Waals surface area (Å²) in [5.41, 5.74) is 8.33. The molecule has 1 aliphatic heterocycles. The molecule has 0 bridgehead atoms. The van der Waals surface area contributed by atoms with Crippen LogP contribution < -0.4 is 10.6 Å². The van der Waals surface area contributed by atoms with Crippen molar-refractivity contribution in [1.29, 1.82) is 0 Å². The Morgan fingerprint density at radius 2 is 1.95 bits per heavy atom. The van der Waals surface area contributed by atoms with Crippen LogP contribution in [0.1, 0.15) is 43.0 Å². The number of ether oxygens (including phenoxy) is 1. The molecule has 0 unspecified atom stereocenters. The average Bonchev–Trinajstić information content (AvgIpc) is 2.68. The Balaban J connectivity index is 2.22. The van der Waals surface area contributed by atoms with Gasteiger partial charge in [-0.2, -0.15) is 0 Å². The second kappa shape index (κ2) is 6.45. The van der Waals surface area contributed by atoms with E-state index in [0.29, 0.717) is 12.2 Å². The number of hydrogen-bond donors (Lipinski definition) is 1. The molecule has 1 fully saturated rings. The van der Waals surface area contributed by atoms with Crippen molar-refractivity contribution < 1.29 is 9.53 Å². The normalized spacial score (nSPS) is 15.9. The molecule has 0 saturated carbocycles. The van der Waals surface area contributed by atoms with Crippen molar-refractivity contribution >= 4 is 17.3 Å². The smallest absolute Gasteiger partial charge is 0.338 e. The highest BCUT2D eigenvalue weighted by Gasteiger charge is 2.15. The summed E-state index contributed by atoms with van der Waals surface area (Å²) in [4.78, 5) is 14.1. The van der Waals surface area contributed by atoms with Crippen molar-refractivity contribution in [3.63, 3.8) is 0 Å². The molecule has 4 nitrogen and oxygen atoms in total. The van der Waals surface area contributed by atoms with E-state index in [0.717, 1.165) is 24.5 Å². The summed E-state index contributed by atoms with van der Waals surface area (Å²) in [5, 5.41) is 0. The number of nitrogen functional groups attached to an aromatic ring is 1. The lowest BCUT2D eigenvalue weighted by Gasteiger charge is -2.24. The average molecular weight is 262 g/mol. The first kappa shape index (κ1) is 13.7. The Morgan fingerprint density at radius 3 is 2.58 bits per heavy atom. The molecule has 2 rings (SSSR count). The van der Waals surface area contributed by atoms with Crippen LogP contribution in [-0.2, 0) is 4.74 Å². The Kier molecular flexibility index (Phi) is 4.66. The summed E-state index contributed by atoms with van der Waals surface area (Å²) in [6.45, 7) is 4.22. The van der Waals surface area contributed by atoms with E-state index in [-0.39, 0.29) is 5.97 Å². The summed E-state index contributed by atoms with van der Waals surface area (Å²) >= 11 is 0. The lowest BCUT2D eigenvalue weighted by molar-refractivity contribution is 0.0526. The molecule has 0 spiro atoms. The van der Waals surface area contributed by atoms with Crippen molar-refractivity contribution in [1.82, 2.24) is 0 Å². The molecule has 2 N–H and O–H groups in total. The van der Waals surface area contributed by atoms with Gasteiger partial charge in [-0.3, -0.25) is 0 Å². The molecule has 1 aromatic carbocycles. The zero-order chi connectivity index (χ0) is 13.7. The number of nitrogens with two attached hydrogens (primary N) is 1. The molecule has 1 heterocycles. The van der Waals surface area contributed by atoms with Crippen molar-refractivity contribution in [3.8, 4) is 0 Å². The fourth-order valence-electron chi connectivity index (χ4n) is 2.47. The molecule has 0 amide bonds. The third-order valence-corrected chi connectivity index (χ3v) is 3.49. The molecule has 1 aliphatic rings. The summed E-state index contributed by atoms with van der Waals surface area (Å²) in [5.74, 6) is -0.279. The van der Waals surface area contributed by atoms with E-state index >= 15 is 0 Å². The Morgan fingerprint density at radius 1 is 1.26 bits per heavy atom. The predicted molar refractivity (Wildman–Crippen MR) is 77.5 cm³/mol. The minimum atomic E-state index is -0.279. The quantitative estimate of drug-likeness (QED) is 0.672. The number of anilines is 2. The van der Waals surface area contributed by atoms with Gasteiger partial charge in [-0.05, 0) is 38.0 Å². The highest BCUT2D eigenvalue weighted by Crippen LogP contribution is 2.27. The number of carbonyl (C=O) groups is 1. The second-order valence-corrected chi connectivity index (χ2v) is 4.90. The molecule has 0 radical (unpaired) electrons. The zero-order valence-electron chi connectivity index (χ0n) is 11.5. The molecular formula is C15H22N2O2. The SMILES string of the molecule is CCOC(=O)c1ccc(N)c(N2CCCCCC2)c1. The van der Waals surface area contributed by atoms with E-state index in [1.165, 1.54) is 25.7 Å². The first-order chi connectivity index (χ1) is 9.22. The second-order valence-electron chi connectivity index (χ2n) is 4.90. The van der Waals surface area contributed by atoms with Gasteiger partial charge in [-0.15, -0.1) is 0 Å². The number of hydrogen-bond acceptors (Lipinski definition) is 4. The number of esters is 1. The van der Waals surface area contributed by atoms with Gasteiger partial charge in [0.15, 0.2) is 0 Å². The topological polar surface area (TPSA) is 55.6 Å². The number of benzene rings is 1. The Bertz CT molecular complexity index is 438. The number of carbonyl (C=O) groups excluding carboxylic acids is 1. The maximum atomic E-state index is 11.8. The summed E-state index contributed by atoms with van der Waals surface area (Å²) < 4.78 is 5.04. The van der Waals surface area contributed by atoms with E-state index in [2.05, 4.69) is 4.90 Å². The van der Waals surface area contributed by atoms with Crippen LogP contribution in [0.15, 0.2) is 18.2 Å². The monoisotopic (exact) mass is 262 g/mol. The van der Waals surface area contributed by atoms with Gasteiger partial charge in [0.2, 0.25) is 0 Å². The molecule has 104 valence electrons. The Hall–Kier alpha value is -1.71. The third-order valence-electron chi connectivity index (χ3n) is 3.49. The highest BCUT2D eigenvalue weighted by molar-refractivity contribution is 5.92. The van der Waals surface area contributed by atoms with Crippen LogP contribution in [0.2, 0.25) is 0 Å². The third kappa shape index (κ3) is 3.40. The number of nitrogens with zero attached hydrogens (tertiary/aromatic N) is 1. The fraction of sp³-hybridized carbons (Fsp3) is 0.533. The van der Waals surface area contributed by atoms with Gasteiger partial charge in [-0.1, -0.05) is 12.8 Å². The molecule has 19 heavy (non-hydrogen) atoms. The van der Waals surface area contributed by atoms with Crippen molar-refractivity contribution in [2.24, 2.45) is 0 Å². The lowest BCUT2D eigenvalue weighted by atomic mass is 10.1. The van der Waals surface area contributed by atoms with Crippen LogP contribution >= 0.6 is 0 Å². The van der Waals surface area contributed by atoms with Crippen LogP contribution in [-0.4, -0.2) is 25.7 Å². The minimum absolute atomic E-state index is 0.279. The van der Waals surface area contributed by atoms with E-state index in [9.17, 15) is 4.79 Å². The lowest BCUT2D eigenvalue weighted by Crippen LogP contribution is -2.25. The molecule has 0 atom stereocenters. The van der Waals surface area contributed by atoms with Crippen LogP contribution in [0.3, 0.4) is 0 Å². The summed E-state index contributed by atoms with van der Waals surface area (Å²) in [6, 6.07) is 5.39. The maximum absolute atomic E-state index is 11.8. The van der Waals surface area contributed by atoms with Gasteiger partial charge >= 0.3 is 5.97 Å². The van der Waals surface area contributed by atoms with Crippen LogP contribution in [0, 0.1) is 0 Å². The van der Waals surface area contributed by atoms with Gasteiger partial charge in [0.25, 0.3) is 0 Å². The number of rotatable bonds is 3. The molecule has 0 aromatic heterocycles. The van der Waals surface area contributed by atoms with Crippen LogP contribution in [0.5, 0.6) is 0 Å². The summed E-state index contributed by atoms with van der Waals surface area (Å²) in [6.07, 6.45) is 4.91. The minimum Gasteiger partial charge on any atom is -0.462 e. The van der Waals surface area contributed by atoms with Gasteiger partial charge in [0, 0.05) is 13.1 Å². The molecule has 1 saturated heterocycles. The summed E-state index contributed by atoms with van der Waals surface area (Å²) in [7, 11) is 0. The molecular weight excluding hydrogens is 240 g/mol. The van der Waals surface area contributed by atoms with Gasteiger partial charge < -0.3 is 15.4 Å². The van der Waals surface area contributed by atoms with Crippen molar-refractivity contribution in [2.75, 3.05) is 30.3 Å². The largest absolute Gasteiger partial charge is 0.462 e. The van der Waals surface area contributed by atoms with Crippen LogP contribution in [0.4, 0.5) is 11.4 Å². The predicted octanol–water partition coefficient (Wildman–Crippen LogP) is 2.83. The van der Waals surface area contributed by atoms with Gasteiger partial charge in [0.05, 0.1) is 23.5 Å². The van der Waals surface area contributed by atoms with E-state index in [1.54, 1.807) is 12.1 Å². The van der Waals surface area contributed by atoms with E-state index in [1.807, 2.05) is 13.0 Å². The van der Waals surface area contributed by atoms with E-state index < -0.39 is 0 Å². The standard InChI is InChI=1S/C15H22N2O2/c1-2-19-15(18)12-7-8-13(16)14(11-12)17-9-5-3-4-6-10-17/h7-8,11H,2-6,9-10,16H2,1H3. The molecule has 0 aliphatic carbocycles. The first-order valence-electron chi connectivity index (χ1n) is 7.04. The fourth-order valence-corrected chi connectivity index (χ4v) is 2.47. The maximum Gasteiger partial charge on any atom is 0.338 e. The molecule has 1 aromatic rings. The van der Waals surface area contributed by atoms with Gasteiger partial charge in [-0.25, -0.2) is 4.79 Å². The van der Waals surface area contributed by atoms with Gasteiger partial charge in [0.1, 0.15) is 0 Å². The van der Waals surface area contributed by atoms with Crippen molar-refractivity contribution in [2.45, 2.75) is 32.6 Å².